The third kappa shape index (κ3) is 2.19. The van der Waals surface area contributed by atoms with Crippen molar-refractivity contribution in [3.63, 3.8) is 0 Å². The number of likely N-dealkylation sites (N-methyl/N-ethyl adjacent to an activating group) is 1. The lowest BCUT2D eigenvalue weighted by atomic mass is 10.2. The van der Waals surface area contributed by atoms with E-state index in [0.29, 0.717) is 12.5 Å². The molecule has 3 nitrogen and oxygen atoms in total. The van der Waals surface area contributed by atoms with Crippen LogP contribution in [0.5, 0.6) is 0 Å². The van der Waals surface area contributed by atoms with E-state index in [0.717, 1.165) is 12.8 Å². The molecule has 11 heavy (non-hydrogen) atoms. The lowest BCUT2D eigenvalue weighted by molar-refractivity contribution is -0.146. The quantitative estimate of drug-likeness (QED) is 0.605. The van der Waals surface area contributed by atoms with Crippen molar-refractivity contribution in [3.8, 4) is 0 Å². The monoisotopic (exact) mass is 157 g/mol. The number of nitrogens with one attached hydrogen (secondary N) is 1. The summed E-state index contributed by atoms with van der Waals surface area (Å²) >= 11 is 0. The highest BCUT2D eigenvalue weighted by atomic mass is 16.5. The smallest absolute Gasteiger partial charge is 0.323 e. The molecule has 0 spiro atoms. The van der Waals surface area contributed by atoms with Crippen molar-refractivity contribution in [1.29, 1.82) is 0 Å². The molecule has 1 atom stereocenters. The van der Waals surface area contributed by atoms with Gasteiger partial charge in [-0.1, -0.05) is 0 Å². The molecule has 1 aliphatic carbocycles. The molecule has 0 radical (unpaired) electrons. The molecule has 0 aliphatic heterocycles. The first-order valence-electron chi connectivity index (χ1n) is 4.13. The van der Waals surface area contributed by atoms with Crippen molar-refractivity contribution >= 4 is 5.97 Å². The maximum absolute atomic E-state index is 11.2. The Kier molecular flexibility index (Phi) is 2.88. The van der Waals surface area contributed by atoms with Gasteiger partial charge in [-0.05, 0) is 32.7 Å². The van der Waals surface area contributed by atoms with Crippen molar-refractivity contribution in [1.82, 2.24) is 5.32 Å². The molecule has 1 N–H and O–H groups in total. The molecule has 1 saturated carbocycles. The fourth-order valence-corrected chi connectivity index (χ4v) is 1.21. The average Bonchev–Trinajstić information content (AvgIpc) is 2.73. The van der Waals surface area contributed by atoms with E-state index in [-0.39, 0.29) is 12.0 Å². The standard InChI is InChI=1S/C8H15NO2/c1-3-11-8(10)7(9-2)6-4-5-6/h6-7,9H,3-5H2,1-2H3. The van der Waals surface area contributed by atoms with Crippen LogP contribution in [-0.2, 0) is 9.53 Å². The SMILES string of the molecule is CCOC(=O)C(NC)C1CC1. The number of carbonyl (C=O) groups is 1. The van der Waals surface area contributed by atoms with Gasteiger partial charge in [0.15, 0.2) is 0 Å². The van der Waals surface area contributed by atoms with Crippen molar-refractivity contribution < 1.29 is 9.53 Å². The molecule has 0 aromatic carbocycles. The Hall–Kier alpha value is -0.570. The largest absolute Gasteiger partial charge is 0.465 e. The highest BCUT2D eigenvalue weighted by Crippen LogP contribution is 2.32. The summed E-state index contributed by atoms with van der Waals surface area (Å²) in [5.74, 6) is 0.427. The number of ether oxygens (including phenoxy) is 1. The zero-order valence-electron chi connectivity index (χ0n) is 7.09. The van der Waals surface area contributed by atoms with Crippen LogP contribution in [0.4, 0.5) is 0 Å². The second-order valence-corrected chi connectivity index (χ2v) is 2.86. The van der Waals surface area contributed by atoms with Gasteiger partial charge in [-0.25, -0.2) is 0 Å². The summed E-state index contributed by atoms with van der Waals surface area (Å²) in [5.41, 5.74) is 0. The summed E-state index contributed by atoms with van der Waals surface area (Å²) in [4.78, 5) is 11.2. The van der Waals surface area contributed by atoms with Gasteiger partial charge in [0.2, 0.25) is 0 Å². The van der Waals surface area contributed by atoms with Gasteiger partial charge >= 0.3 is 5.97 Å². The second kappa shape index (κ2) is 3.72. The van der Waals surface area contributed by atoms with Gasteiger partial charge in [-0.3, -0.25) is 4.79 Å². The van der Waals surface area contributed by atoms with Crippen LogP contribution in [0.15, 0.2) is 0 Å². The number of rotatable bonds is 4. The maximum atomic E-state index is 11.2. The highest BCUT2D eigenvalue weighted by Gasteiger charge is 2.35. The molecule has 0 bridgehead atoms. The average molecular weight is 157 g/mol. The van der Waals surface area contributed by atoms with E-state index < -0.39 is 0 Å². The third-order valence-corrected chi connectivity index (χ3v) is 1.94. The minimum Gasteiger partial charge on any atom is -0.465 e. The fourth-order valence-electron chi connectivity index (χ4n) is 1.21. The van der Waals surface area contributed by atoms with E-state index >= 15 is 0 Å². The van der Waals surface area contributed by atoms with Crippen molar-refractivity contribution in [2.24, 2.45) is 5.92 Å². The summed E-state index contributed by atoms with van der Waals surface area (Å²) < 4.78 is 4.89. The van der Waals surface area contributed by atoms with Gasteiger partial charge in [0.05, 0.1) is 6.61 Å². The second-order valence-electron chi connectivity index (χ2n) is 2.86. The van der Waals surface area contributed by atoms with Crippen LogP contribution in [0.1, 0.15) is 19.8 Å². The van der Waals surface area contributed by atoms with Crippen molar-refractivity contribution in [3.05, 3.63) is 0 Å². The lowest BCUT2D eigenvalue weighted by Crippen LogP contribution is -2.37. The Morgan fingerprint density at radius 2 is 2.36 bits per heavy atom. The Bertz CT molecular complexity index is 143. The van der Waals surface area contributed by atoms with Crippen molar-refractivity contribution in [2.45, 2.75) is 25.8 Å². The molecule has 1 rings (SSSR count). The molecule has 1 aliphatic rings. The molecule has 64 valence electrons. The van der Waals surface area contributed by atoms with E-state index in [1.54, 1.807) is 7.05 Å². The topological polar surface area (TPSA) is 38.3 Å². The van der Waals surface area contributed by atoms with Crippen LogP contribution in [0.2, 0.25) is 0 Å². The Morgan fingerprint density at radius 3 is 2.73 bits per heavy atom. The van der Waals surface area contributed by atoms with Gasteiger partial charge < -0.3 is 10.1 Å². The van der Waals surface area contributed by atoms with Gasteiger partial charge in [0.1, 0.15) is 6.04 Å². The molecule has 3 heteroatoms. The van der Waals surface area contributed by atoms with E-state index in [2.05, 4.69) is 5.32 Å². The van der Waals surface area contributed by atoms with Crippen LogP contribution < -0.4 is 5.32 Å². The summed E-state index contributed by atoms with van der Waals surface area (Å²) in [6, 6.07) is -0.0602. The van der Waals surface area contributed by atoms with Gasteiger partial charge in [0.25, 0.3) is 0 Å². The van der Waals surface area contributed by atoms with Crippen LogP contribution in [-0.4, -0.2) is 25.7 Å². The Balaban J connectivity index is 2.33. The predicted octanol–water partition coefficient (Wildman–Crippen LogP) is 0.547. The molecule has 1 unspecified atom stereocenters. The first-order valence-corrected chi connectivity index (χ1v) is 4.13. The normalized spacial score (nSPS) is 19.5. The predicted molar refractivity (Wildman–Crippen MR) is 42.2 cm³/mol. The number of hydrogen-bond donors (Lipinski definition) is 1. The molecule has 0 amide bonds. The third-order valence-electron chi connectivity index (χ3n) is 1.94. The molecular weight excluding hydrogens is 142 g/mol. The molecule has 0 aromatic heterocycles. The van der Waals surface area contributed by atoms with Crippen LogP contribution in [0.25, 0.3) is 0 Å². The van der Waals surface area contributed by atoms with Crippen LogP contribution >= 0.6 is 0 Å². The Morgan fingerprint density at radius 1 is 1.73 bits per heavy atom. The maximum Gasteiger partial charge on any atom is 0.323 e. The van der Waals surface area contributed by atoms with Gasteiger partial charge in [-0.15, -0.1) is 0 Å². The molecule has 0 aromatic rings. The number of hydrogen-bond acceptors (Lipinski definition) is 3. The first-order chi connectivity index (χ1) is 5.29. The van der Waals surface area contributed by atoms with Crippen LogP contribution in [0, 0.1) is 5.92 Å². The fraction of sp³-hybridized carbons (Fsp3) is 0.875. The summed E-state index contributed by atoms with van der Waals surface area (Å²) in [5, 5.41) is 2.97. The van der Waals surface area contributed by atoms with E-state index in [4.69, 9.17) is 4.74 Å². The van der Waals surface area contributed by atoms with E-state index in [9.17, 15) is 4.79 Å². The zero-order valence-corrected chi connectivity index (χ0v) is 7.09. The summed E-state index contributed by atoms with van der Waals surface area (Å²) in [7, 11) is 1.81. The lowest BCUT2D eigenvalue weighted by Gasteiger charge is -2.12. The molecular formula is C8H15NO2. The number of carbonyl (C=O) groups excluding carboxylic acids is 1. The summed E-state index contributed by atoms with van der Waals surface area (Å²) in [6.45, 7) is 2.31. The van der Waals surface area contributed by atoms with Crippen molar-refractivity contribution in [2.75, 3.05) is 13.7 Å². The van der Waals surface area contributed by atoms with Gasteiger partial charge in [0, 0.05) is 0 Å². The van der Waals surface area contributed by atoms with Gasteiger partial charge in [-0.2, -0.15) is 0 Å². The number of esters is 1. The van der Waals surface area contributed by atoms with E-state index in [1.807, 2.05) is 6.92 Å². The van der Waals surface area contributed by atoms with E-state index in [1.165, 1.54) is 0 Å². The molecule has 0 heterocycles. The van der Waals surface area contributed by atoms with Crippen LogP contribution in [0.3, 0.4) is 0 Å². The molecule has 1 fully saturated rings. The molecule has 0 saturated heterocycles. The first kappa shape index (κ1) is 8.53. The Labute approximate surface area is 67.1 Å². The minimum atomic E-state index is -0.0995. The zero-order chi connectivity index (χ0) is 8.27. The highest BCUT2D eigenvalue weighted by molar-refractivity contribution is 5.76. The summed E-state index contributed by atoms with van der Waals surface area (Å²) in [6.07, 6.45) is 2.31. The minimum absolute atomic E-state index is 0.0602.